The molecule has 2 aromatic rings. The van der Waals surface area contributed by atoms with Gasteiger partial charge in [0.25, 0.3) is 0 Å². The Labute approximate surface area is 92.5 Å². The molecule has 0 unspecified atom stereocenters. The molecule has 0 amide bonds. The number of hydrogen-bond donors (Lipinski definition) is 1. The molecule has 0 aliphatic rings. The molecule has 0 bridgehead atoms. The maximum atomic E-state index is 13.0. The van der Waals surface area contributed by atoms with Crippen molar-refractivity contribution >= 4 is 5.69 Å². The van der Waals surface area contributed by atoms with Crippen LogP contribution in [0.1, 0.15) is 5.56 Å². The number of nitrogen functional groups attached to an aromatic ring is 1. The Morgan fingerprint density at radius 2 is 1.50 bits per heavy atom. The molecule has 2 aromatic carbocycles. The standard InChI is InChI=1S/C13H11F2N/c1-8-6-9(3-5-13(8)16)10-2-4-11(14)12(15)7-10/h2-7H,16H2,1H3. The maximum Gasteiger partial charge on any atom is 0.159 e. The summed E-state index contributed by atoms with van der Waals surface area (Å²) in [5.74, 6) is -1.68. The fourth-order valence-corrected chi connectivity index (χ4v) is 1.53. The van der Waals surface area contributed by atoms with Gasteiger partial charge in [-0.15, -0.1) is 0 Å². The fraction of sp³-hybridized carbons (Fsp3) is 0.0769. The first-order valence-corrected chi connectivity index (χ1v) is 4.89. The molecule has 0 radical (unpaired) electrons. The van der Waals surface area contributed by atoms with E-state index in [9.17, 15) is 8.78 Å². The molecule has 0 aliphatic carbocycles. The van der Waals surface area contributed by atoms with Crippen LogP contribution in [0.2, 0.25) is 0 Å². The van der Waals surface area contributed by atoms with Crippen LogP contribution in [0.3, 0.4) is 0 Å². The molecule has 0 aliphatic heterocycles. The Morgan fingerprint density at radius 3 is 2.12 bits per heavy atom. The molecule has 2 rings (SSSR count). The smallest absolute Gasteiger partial charge is 0.159 e. The summed E-state index contributed by atoms with van der Waals surface area (Å²) in [7, 11) is 0. The number of halogens is 2. The van der Waals surface area contributed by atoms with Crippen molar-refractivity contribution in [3.05, 3.63) is 53.6 Å². The normalized spacial score (nSPS) is 10.4. The van der Waals surface area contributed by atoms with E-state index >= 15 is 0 Å². The van der Waals surface area contributed by atoms with Gasteiger partial charge in [-0.2, -0.15) is 0 Å². The minimum absolute atomic E-state index is 0.641. The minimum atomic E-state index is -0.841. The van der Waals surface area contributed by atoms with Gasteiger partial charge in [-0.25, -0.2) is 8.78 Å². The molecule has 1 nitrogen and oxygen atoms in total. The first kappa shape index (κ1) is 10.6. The molecular weight excluding hydrogens is 208 g/mol. The molecule has 0 fully saturated rings. The molecule has 16 heavy (non-hydrogen) atoms. The Hall–Kier alpha value is -1.90. The number of nitrogens with two attached hydrogens (primary N) is 1. The van der Waals surface area contributed by atoms with Gasteiger partial charge in [-0.05, 0) is 47.9 Å². The zero-order chi connectivity index (χ0) is 11.7. The van der Waals surface area contributed by atoms with Crippen molar-refractivity contribution in [1.29, 1.82) is 0 Å². The van der Waals surface area contributed by atoms with E-state index in [0.29, 0.717) is 11.3 Å². The topological polar surface area (TPSA) is 26.0 Å². The molecule has 0 spiro atoms. The predicted octanol–water partition coefficient (Wildman–Crippen LogP) is 3.52. The first-order chi connectivity index (χ1) is 7.58. The highest BCUT2D eigenvalue weighted by atomic mass is 19.2. The van der Waals surface area contributed by atoms with Crippen molar-refractivity contribution in [3.8, 4) is 11.1 Å². The van der Waals surface area contributed by atoms with Crippen molar-refractivity contribution in [2.24, 2.45) is 0 Å². The van der Waals surface area contributed by atoms with Gasteiger partial charge in [0.05, 0.1) is 0 Å². The van der Waals surface area contributed by atoms with E-state index in [1.54, 1.807) is 18.2 Å². The summed E-state index contributed by atoms with van der Waals surface area (Å²) < 4.78 is 25.8. The van der Waals surface area contributed by atoms with E-state index in [2.05, 4.69) is 0 Å². The van der Waals surface area contributed by atoms with Gasteiger partial charge in [-0.1, -0.05) is 12.1 Å². The number of anilines is 1. The highest BCUT2D eigenvalue weighted by Crippen LogP contribution is 2.24. The van der Waals surface area contributed by atoms with Crippen molar-refractivity contribution in [2.75, 3.05) is 5.73 Å². The van der Waals surface area contributed by atoms with Gasteiger partial charge in [0.2, 0.25) is 0 Å². The van der Waals surface area contributed by atoms with Crippen LogP contribution < -0.4 is 5.73 Å². The largest absolute Gasteiger partial charge is 0.399 e. The molecule has 3 heteroatoms. The first-order valence-electron chi connectivity index (χ1n) is 4.89. The van der Waals surface area contributed by atoms with Gasteiger partial charge in [0, 0.05) is 5.69 Å². The molecule has 0 heterocycles. The monoisotopic (exact) mass is 219 g/mol. The lowest BCUT2D eigenvalue weighted by Crippen LogP contribution is -1.90. The Morgan fingerprint density at radius 1 is 0.875 bits per heavy atom. The van der Waals surface area contributed by atoms with Crippen molar-refractivity contribution in [2.45, 2.75) is 6.92 Å². The van der Waals surface area contributed by atoms with Gasteiger partial charge in [0.15, 0.2) is 11.6 Å². The summed E-state index contributed by atoms with van der Waals surface area (Å²) >= 11 is 0. The van der Waals surface area contributed by atoms with E-state index in [1.807, 2.05) is 13.0 Å². The summed E-state index contributed by atoms with van der Waals surface area (Å²) in [6.45, 7) is 1.87. The summed E-state index contributed by atoms with van der Waals surface area (Å²) in [5.41, 5.74) is 8.76. The number of benzene rings is 2. The third-order valence-corrected chi connectivity index (χ3v) is 2.52. The highest BCUT2D eigenvalue weighted by Gasteiger charge is 2.05. The average Bonchev–Trinajstić information content (AvgIpc) is 2.26. The van der Waals surface area contributed by atoms with Crippen LogP contribution in [0, 0.1) is 18.6 Å². The number of hydrogen-bond acceptors (Lipinski definition) is 1. The van der Waals surface area contributed by atoms with E-state index in [1.165, 1.54) is 6.07 Å². The second kappa shape index (κ2) is 3.93. The van der Waals surface area contributed by atoms with Crippen LogP contribution in [0.25, 0.3) is 11.1 Å². The van der Waals surface area contributed by atoms with Crippen LogP contribution in [-0.4, -0.2) is 0 Å². The van der Waals surface area contributed by atoms with Crippen LogP contribution in [0.5, 0.6) is 0 Å². The molecule has 2 N–H and O–H groups in total. The lowest BCUT2D eigenvalue weighted by atomic mass is 10.0. The zero-order valence-corrected chi connectivity index (χ0v) is 8.80. The summed E-state index contributed by atoms with van der Waals surface area (Å²) in [6.07, 6.45) is 0. The van der Waals surface area contributed by atoms with E-state index in [4.69, 9.17) is 5.73 Å². The summed E-state index contributed by atoms with van der Waals surface area (Å²) in [5, 5.41) is 0. The number of rotatable bonds is 1. The Bertz CT molecular complexity index is 486. The zero-order valence-electron chi connectivity index (χ0n) is 8.80. The van der Waals surface area contributed by atoms with E-state index < -0.39 is 11.6 Å². The predicted molar refractivity (Wildman–Crippen MR) is 60.9 cm³/mol. The SMILES string of the molecule is Cc1cc(-c2ccc(F)c(F)c2)ccc1N. The van der Waals surface area contributed by atoms with Crippen LogP contribution in [-0.2, 0) is 0 Å². The summed E-state index contributed by atoms with van der Waals surface area (Å²) in [4.78, 5) is 0. The highest BCUT2D eigenvalue weighted by molar-refractivity contribution is 5.67. The third-order valence-electron chi connectivity index (χ3n) is 2.52. The van der Waals surface area contributed by atoms with Gasteiger partial charge in [-0.3, -0.25) is 0 Å². The summed E-state index contributed by atoms with van der Waals surface area (Å²) in [6, 6.07) is 9.24. The lowest BCUT2D eigenvalue weighted by molar-refractivity contribution is 0.509. The molecule has 0 atom stereocenters. The van der Waals surface area contributed by atoms with Crippen LogP contribution >= 0.6 is 0 Å². The molecule has 0 aromatic heterocycles. The van der Waals surface area contributed by atoms with Gasteiger partial charge >= 0.3 is 0 Å². The maximum absolute atomic E-state index is 13.0. The van der Waals surface area contributed by atoms with Crippen LogP contribution in [0.4, 0.5) is 14.5 Å². The second-order valence-electron chi connectivity index (χ2n) is 3.70. The Kier molecular flexibility index (Phi) is 2.60. The third kappa shape index (κ3) is 1.89. The second-order valence-corrected chi connectivity index (χ2v) is 3.70. The molecule has 82 valence electrons. The molecule has 0 saturated heterocycles. The van der Waals surface area contributed by atoms with Crippen LogP contribution in [0.15, 0.2) is 36.4 Å². The van der Waals surface area contributed by atoms with Gasteiger partial charge in [0.1, 0.15) is 0 Å². The van der Waals surface area contributed by atoms with Crippen molar-refractivity contribution < 1.29 is 8.78 Å². The fourth-order valence-electron chi connectivity index (χ4n) is 1.53. The average molecular weight is 219 g/mol. The molecule has 0 saturated carbocycles. The quantitative estimate of drug-likeness (QED) is 0.729. The lowest BCUT2D eigenvalue weighted by Gasteiger charge is -2.05. The Balaban J connectivity index is 2.50. The minimum Gasteiger partial charge on any atom is -0.399 e. The van der Waals surface area contributed by atoms with Gasteiger partial charge < -0.3 is 5.73 Å². The van der Waals surface area contributed by atoms with Crippen molar-refractivity contribution in [3.63, 3.8) is 0 Å². The number of aryl methyl sites for hydroxylation is 1. The van der Waals surface area contributed by atoms with E-state index in [0.717, 1.165) is 17.2 Å². The molecular formula is C13H11F2N. The van der Waals surface area contributed by atoms with Crippen molar-refractivity contribution in [1.82, 2.24) is 0 Å². The van der Waals surface area contributed by atoms with E-state index in [-0.39, 0.29) is 0 Å².